The van der Waals surface area contributed by atoms with E-state index in [1.54, 1.807) is 6.92 Å². The molecule has 0 rings (SSSR count). The Morgan fingerprint density at radius 1 is 1.00 bits per heavy atom. The van der Waals surface area contributed by atoms with Crippen molar-refractivity contribution in [1.82, 2.24) is 10.6 Å². The summed E-state index contributed by atoms with van der Waals surface area (Å²) in [5.74, 6) is -0.161. The largest absolute Gasteiger partial charge is 0.466 e. The van der Waals surface area contributed by atoms with Gasteiger partial charge in [-0.2, -0.15) is 0 Å². The Hall–Kier alpha value is -1.30. The fourth-order valence-corrected chi connectivity index (χ4v) is 1.61. The quantitative estimate of drug-likeness (QED) is 0.478. The first-order chi connectivity index (χ1) is 9.85. The monoisotopic (exact) mass is 302 g/mol. The zero-order chi connectivity index (χ0) is 16.1. The van der Waals surface area contributed by atoms with Crippen LogP contribution in [0.4, 0.5) is 4.79 Å². The van der Waals surface area contributed by atoms with E-state index in [4.69, 9.17) is 9.47 Å². The van der Waals surface area contributed by atoms with Gasteiger partial charge in [0.25, 0.3) is 0 Å². The zero-order valence-electron chi connectivity index (χ0n) is 13.8. The summed E-state index contributed by atoms with van der Waals surface area (Å²) in [4.78, 5) is 22.4. The summed E-state index contributed by atoms with van der Waals surface area (Å²) in [6, 6.07) is 0. The van der Waals surface area contributed by atoms with E-state index in [9.17, 15) is 9.59 Å². The third-order valence-electron chi connectivity index (χ3n) is 2.51. The number of nitrogens with one attached hydrogen (secondary N) is 2. The maximum absolute atomic E-state index is 11.4. The highest BCUT2D eigenvalue weighted by molar-refractivity contribution is 5.69. The molecule has 0 aromatic rings. The second-order valence-electron chi connectivity index (χ2n) is 5.79. The standard InChI is InChI=1S/C15H30N2O4/c1-5-20-13(18)9-12-16-10-7-6-8-11-17-14(19)21-15(2,3)4/h16H,5-12H2,1-4H3,(H,17,19). The van der Waals surface area contributed by atoms with Crippen LogP contribution in [0, 0.1) is 0 Å². The lowest BCUT2D eigenvalue weighted by Crippen LogP contribution is -2.33. The van der Waals surface area contributed by atoms with Gasteiger partial charge in [0.05, 0.1) is 13.0 Å². The average molecular weight is 302 g/mol. The van der Waals surface area contributed by atoms with Crippen molar-refractivity contribution in [2.75, 3.05) is 26.2 Å². The van der Waals surface area contributed by atoms with Crippen LogP contribution in [0.25, 0.3) is 0 Å². The summed E-state index contributed by atoms with van der Waals surface area (Å²) in [7, 11) is 0. The van der Waals surface area contributed by atoms with Crippen molar-refractivity contribution in [3.05, 3.63) is 0 Å². The van der Waals surface area contributed by atoms with Crippen LogP contribution in [-0.4, -0.2) is 43.9 Å². The number of esters is 1. The third kappa shape index (κ3) is 14.9. The predicted octanol–water partition coefficient (Wildman–Crippen LogP) is 2.22. The Balaban J connectivity index is 3.30. The van der Waals surface area contributed by atoms with Gasteiger partial charge >= 0.3 is 12.1 Å². The minimum absolute atomic E-state index is 0.161. The van der Waals surface area contributed by atoms with E-state index in [1.807, 2.05) is 20.8 Å². The van der Waals surface area contributed by atoms with E-state index in [1.165, 1.54) is 0 Å². The first-order valence-corrected chi connectivity index (χ1v) is 7.68. The van der Waals surface area contributed by atoms with Gasteiger partial charge in [0, 0.05) is 13.1 Å². The van der Waals surface area contributed by atoms with Crippen molar-refractivity contribution in [3.63, 3.8) is 0 Å². The van der Waals surface area contributed by atoms with E-state index in [-0.39, 0.29) is 12.1 Å². The zero-order valence-corrected chi connectivity index (χ0v) is 13.8. The highest BCUT2D eigenvalue weighted by Gasteiger charge is 2.15. The summed E-state index contributed by atoms with van der Waals surface area (Å²) < 4.78 is 9.96. The number of alkyl carbamates (subject to hydrolysis) is 1. The highest BCUT2D eigenvalue weighted by Crippen LogP contribution is 2.06. The molecule has 0 spiro atoms. The maximum Gasteiger partial charge on any atom is 0.407 e. The smallest absolute Gasteiger partial charge is 0.407 e. The summed E-state index contributed by atoms with van der Waals surface area (Å²) in [5, 5.41) is 5.92. The molecule has 0 aromatic heterocycles. The van der Waals surface area contributed by atoms with Crippen LogP contribution in [0.15, 0.2) is 0 Å². The number of carbonyl (C=O) groups excluding carboxylic acids is 2. The molecule has 0 saturated carbocycles. The van der Waals surface area contributed by atoms with Gasteiger partial charge in [0.1, 0.15) is 5.60 Å². The summed E-state index contributed by atoms with van der Waals surface area (Å²) in [6.45, 7) is 9.90. The van der Waals surface area contributed by atoms with Gasteiger partial charge in [0.15, 0.2) is 0 Å². The lowest BCUT2D eigenvalue weighted by Gasteiger charge is -2.19. The van der Waals surface area contributed by atoms with Gasteiger partial charge < -0.3 is 20.1 Å². The van der Waals surface area contributed by atoms with Gasteiger partial charge in [-0.15, -0.1) is 0 Å². The first-order valence-electron chi connectivity index (χ1n) is 7.68. The van der Waals surface area contributed by atoms with Crippen LogP contribution in [-0.2, 0) is 14.3 Å². The lowest BCUT2D eigenvalue weighted by molar-refractivity contribution is -0.142. The number of rotatable bonds is 10. The van der Waals surface area contributed by atoms with E-state index < -0.39 is 5.60 Å². The molecule has 21 heavy (non-hydrogen) atoms. The van der Waals surface area contributed by atoms with Crippen LogP contribution in [0.5, 0.6) is 0 Å². The number of hydrogen-bond donors (Lipinski definition) is 2. The van der Waals surface area contributed by atoms with Crippen LogP contribution in [0.2, 0.25) is 0 Å². The molecule has 6 heteroatoms. The van der Waals surface area contributed by atoms with Gasteiger partial charge in [-0.1, -0.05) is 6.42 Å². The van der Waals surface area contributed by atoms with Crippen LogP contribution in [0.3, 0.4) is 0 Å². The minimum Gasteiger partial charge on any atom is -0.466 e. The first kappa shape index (κ1) is 19.7. The molecule has 0 bridgehead atoms. The molecule has 0 saturated heterocycles. The molecule has 2 N–H and O–H groups in total. The molecule has 1 amide bonds. The van der Waals surface area contributed by atoms with Crippen molar-refractivity contribution in [2.24, 2.45) is 0 Å². The van der Waals surface area contributed by atoms with Crippen molar-refractivity contribution in [1.29, 1.82) is 0 Å². The maximum atomic E-state index is 11.4. The molecule has 0 aromatic carbocycles. The Bertz CT molecular complexity index is 301. The number of hydrogen-bond acceptors (Lipinski definition) is 5. The molecule has 0 aliphatic heterocycles. The number of unbranched alkanes of at least 4 members (excludes halogenated alkanes) is 2. The third-order valence-corrected chi connectivity index (χ3v) is 2.51. The normalized spacial score (nSPS) is 11.0. The summed E-state index contributed by atoms with van der Waals surface area (Å²) in [6.07, 6.45) is 2.99. The molecule has 0 fully saturated rings. The Kier molecular flexibility index (Phi) is 10.7. The number of amides is 1. The Labute approximate surface area is 127 Å². The molecule has 0 radical (unpaired) electrons. The molecule has 0 unspecified atom stereocenters. The molecule has 0 aliphatic carbocycles. The summed E-state index contributed by atoms with van der Waals surface area (Å²) >= 11 is 0. The van der Waals surface area contributed by atoms with E-state index in [0.29, 0.717) is 26.1 Å². The average Bonchev–Trinajstić information content (AvgIpc) is 2.35. The molecule has 0 heterocycles. The number of carbonyl (C=O) groups is 2. The Morgan fingerprint density at radius 3 is 2.29 bits per heavy atom. The number of ether oxygens (including phenoxy) is 2. The second-order valence-corrected chi connectivity index (χ2v) is 5.79. The van der Waals surface area contributed by atoms with E-state index in [0.717, 1.165) is 25.8 Å². The van der Waals surface area contributed by atoms with E-state index in [2.05, 4.69) is 10.6 Å². The molecule has 0 aliphatic rings. The van der Waals surface area contributed by atoms with Crippen LogP contribution < -0.4 is 10.6 Å². The van der Waals surface area contributed by atoms with Gasteiger partial charge in [0.2, 0.25) is 0 Å². The van der Waals surface area contributed by atoms with Crippen molar-refractivity contribution in [3.8, 4) is 0 Å². The molecular weight excluding hydrogens is 272 g/mol. The molecular formula is C15H30N2O4. The lowest BCUT2D eigenvalue weighted by atomic mass is 10.2. The minimum atomic E-state index is -0.451. The SMILES string of the molecule is CCOC(=O)CCNCCCCCNC(=O)OC(C)(C)C. The van der Waals surface area contributed by atoms with Crippen molar-refractivity contribution >= 4 is 12.1 Å². The predicted molar refractivity (Wildman–Crippen MR) is 82.2 cm³/mol. The van der Waals surface area contributed by atoms with Crippen molar-refractivity contribution < 1.29 is 19.1 Å². The van der Waals surface area contributed by atoms with Crippen LogP contribution >= 0.6 is 0 Å². The highest BCUT2D eigenvalue weighted by atomic mass is 16.6. The Morgan fingerprint density at radius 2 is 1.67 bits per heavy atom. The molecule has 6 nitrogen and oxygen atoms in total. The van der Waals surface area contributed by atoms with Crippen molar-refractivity contribution in [2.45, 2.75) is 59.0 Å². The fraction of sp³-hybridized carbons (Fsp3) is 0.867. The fourth-order valence-electron chi connectivity index (χ4n) is 1.61. The van der Waals surface area contributed by atoms with Gasteiger partial charge in [-0.3, -0.25) is 4.79 Å². The van der Waals surface area contributed by atoms with Gasteiger partial charge in [-0.05, 0) is 47.1 Å². The summed E-state index contributed by atoms with van der Waals surface area (Å²) in [5.41, 5.74) is -0.451. The molecule has 124 valence electrons. The topological polar surface area (TPSA) is 76.7 Å². The molecule has 0 atom stereocenters. The van der Waals surface area contributed by atoms with Gasteiger partial charge in [-0.25, -0.2) is 4.79 Å². The second kappa shape index (κ2) is 11.4. The van der Waals surface area contributed by atoms with Crippen LogP contribution in [0.1, 0.15) is 53.4 Å². The van der Waals surface area contributed by atoms with E-state index >= 15 is 0 Å².